The summed E-state index contributed by atoms with van der Waals surface area (Å²) in [6.07, 6.45) is 16.0. The minimum absolute atomic E-state index is 0. The van der Waals surface area contributed by atoms with Gasteiger partial charge in [0.05, 0.1) is 0 Å². The lowest BCUT2D eigenvalue weighted by Crippen LogP contribution is -1.96. The molecule has 0 aromatic heterocycles. The highest BCUT2D eigenvalue weighted by molar-refractivity contribution is 7.59. The summed E-state index contributed by atoms with van der Waals surface area (Å²) in [5.74, 6) is 0. The number of rotatable bonds is 6. The van der Waals surface area contributed by atoms with E-state index in [2.05, 4.69) is 38.5 Å². The fraction of sp³-hybridized carbons (Fsp3) is 0.158. The molecule has 0 aromatic carbocycles. The molecule has 106 valence electrons. The molecule has 20 heavy (non-hydrogen) atoms. The molecule has 0 bridgehead atoms. The predicted molar refractivity (Wildman–Crippen MR) is 97.4 cm³/mol. The van der Waals surface area contributed by atoms with Crippen LogP contribution in [0.1, 0.15) is 19.8 Å². The van der Waals surface area contributed by atoms with Crippen molar-refractivity contribution in [1.82, 2.24) is 0 Å². The first-order valence-electron chi connectivity index (χ1n) is 6.45. The molecule has 0 heterocycles. The van der Waals surface area contributed by atoms with Gasteiger partial charge in [-0.3, -0.25) is 0 Å². The number of hydrogen-bond acceptors (Lipinski definition) is 0. The zero-order valence-corrected chi connectivity index (χ0v) is 13.3. The summed E-state index contributed by atoms with van der Waals surface area (Å²) in [4.78, 5) is 0. The summed E-state index contributed by atoms with van der Waals surface area (Å²) in [5, 5.41) is 0. The maximum atomic E-state index is 4.09. The smallest absolute Gasteiger partial charge is 0.0232 e. The van der Waals surface area contributed by atoms with Gasteiger partial charge in [-0.15, -0.1) is 0 Å². The second kappa shape index (κ2) is 9.22. The molecule has 0 nitrogen and oxygen atoms in total. The Balaban J connectivity index is 0.00000361. The molecule has 0 saturated carbocycles. The van der Waals surface area contributed by atoms with Gasteiger partial charge in [0, 0.05) is 0 Å². The van der Waals surface area contributed by atoms with Gasteiger partial charge in [0.25, 0.3) is 0 Å². The zero-order valence-electron chi connectivity index (χ0n) is 12.3. The predicted octanol–water partition coefficient (Wildman–Crippen LogP) is 5.73. The largest absolute Gasteiger partial charge is 0.197 e. The molecule has 1 rings (SSSR count). The molecular formula is C19H24S. The third kappa shape index (κ3) is 5.94. The van der Waals surface area contributed by atoms with Gasteiger partial charge in [0.15, 0.2) is 0 Å². The van der Waals surface area contributed by atoms with E-state index < -0.39 is 0 Å². The maximum Gasteiger partial charge on any atom is -0.0232 e. The third-order valence-electron chi connectivity index (χ3n) is 2.98. The SMILES string of the molecule is C=C/C=C\C(=C)C1=CC=C(C(=C)/C=C\C(=C)C)CC1.S. The summed E-state index contributed by atoms with van der Waals surface area (Å²) in [6.45, 7) is 17.7. The van der Waals surface area contributed by atoms with Crippen molar-refractivity contribution in [3.8, 4) is 0 Å². The van der Waals surface area contributed by atoms with Crippen molar-refractivity contribution < 1.29 is 0 Å². The van der Waals surface area contributed by atoms with E-state index in [0.717, 1.165) is 29.6 Å². The maximum absolute atomic E-state index is 4.09. The lowest BCUT2D eigenvalue weighted by molar-refractivity contribution is 0.934. The van der Waals surface area contributed by atoms with Gasteiger partial charge in [-0.25, -0.2) is 0 Å². The van der Waals surface area contributed by atoms with Crippen molar-refractivity contribution >= 4 is 13.5 Å². The topological polar surface area (TPSA) is 0 Å². The van der Waals surface area contributed by atoms with E-state index in [0.29, 0.717) is 0 Å². The second-order valence-corrected chi connectivity index (χ2v) is 4.71. The van der Waals surface area contributed by atoms with Crippen LogP contribution in [0.4, 0.5) is 0 Å². The first-order valence-corrected chi connectivity index (χ1v) is 6.45. The highest BCUT2D eigenvalue weighted by Crippen LogP contribution is 2.27. The van der Waals surface area contributed by atoms with Crippen molar-refractivity contribution in [2.24, 2.45) is 0 Å². The highest BCUT2D eigenvalue weighted by atomic mass is 32.1. The van der Waals surface area contributed by atoms with Gasteiger partial charge in [0.1, 0.15) is 0 Å². The Morgan fingerprint density at radius 2 is 1.45 bits per heavy atom. The van der Waals surface area contributed by atoms with E-state index >= 15 is 0 Å². The molecule has 0 atom stereocenters. The normalized spacial score (nSPS) is 14.4. The van der Waals surface area contributed by atoms with Gasteiger partial charge < -0.3 is 0 Å². The second-order valence-electron chi connectivity index (χ2n) is 4.71. The molecule has 0 saturated heterocycles. The van der Waals surface area contributed by atoms with E-state index in [4.69, 9.17) is 0 Å². The van der Waals surface area contributed by atoms with E-state index in [9.17, 15) is 0 Å². The van der Waals surface area contributed by atoms with Crippen LogP contribution in [0.3, 0.4) is 0 Å². The fourth-order valence-electron chi connectivity index (χ4n) is 1.81. The van der Waals surface area contributed by atoms with E-state index in [1.54, 1.807) is 6.08 Å². The monoisotopic (exact) mass is 284 g/mol. The van der Waals surface area contributed by atoms with Crippen LogP contribution in [-0.2, 0) is 0 Å². The summed E-state index contributed by atoms with van der Waals surface area (Å²) in [5.41, 5.74) is 5.71. The molecule has 0 aliphatic heterocycles. The summed E-state index contributed by atoms with van der Waals surface area (Å²) in [7, 11) is 0. The molecule has 1 aliphatic carbocycles. The van der Waals surface area contributed by atoms with Gasteiger partial charge in [-0.1, -0.05) is 74.4 Å². The van der Waals surface area contributed by atoms with Gasteiger partial charge in [0.2, 0.25) is 0 Å². The Bertz CT molecular complexity index is 522. The van der Waals surface area contributed by atoms with Crippen molar-refractivity contribution in [3.05, 3.63) is 96.7 Å². The molecule has 0 aromatic rings. The first-order chi connectivity index (χ1) is 9.04. The van der Waals surface area contributed by atoms with Crippen LogP contribution in [0.25, 0.3) is 0 Å². The van der Waals surface area contributed by atoms with Crippen LogP contribution >= 0.6 is 13.5 Å². The fourth-order valence-corrected chi connectivity index (χ4v) is 1.81. The quantitative estimate of drug-likeness (QED) is 0.546. The molecule has 0 radical (unpaired) electrons. The number of hydrogen-bond donors (Lipinski definition) is 0. The van der Waals surface area contributed by atoms with Crippen molar-refractivity contribution in [3.63, 3.8) is 0 Å². The van der Waals surface area contributed by atoms with Crippen LogP contribution in [0, 0.1) is 0 Å². The minimum Gasteiger partial charge on any atom is -0.197 e. The zero-order chi connectivity index (χ0) is 14.3. The van der Waals surface area contributed by atoms with Crippen LogP contribution in [0.2, 0.25) is 0 Å². The Kier molecular flexibility index (Phi) is 8.42. The average Bonchev–Trinajstić information content (AvgIpc) is 2.42. The van der Waals surface area contributed by atoms with Crippen LogP contribution < -0.4 is 0 Å². The Morgan fingerprint density at radius 3 is 1.85 bits per heavy atom. The molecule has 0 spiro atoms. The van der Waals surface area contributed by atoms with Crippen LogP contribution in [0.15, 0.2) is 96.7 Å². The van der Waals surface area contributed by atoms with Crippen molar-refractivity contribution in [2.75, 3.05) is 0 Å². The molecular weight excluding hydrogens is 260 g/mol. The number of allylic oxidation sites excluding steroid dienone is 12. The van der Waals surface area contributed by atoms with Crippen LogP contribution in [-0.4, -0.2) is 0 Å². The first kappa shape index (κ1) is 18.3. The molecule has 0 amide bonds. The van der Waals surface area contributed by atoms with Gasteiger partial charge >= 0.3 is 0 Å². The average molecular weight is 284 g/mol. The lowest BCUT2D eigenvalue weighted by Gasteiger charge is -2.15. The minimum atomic E-state index is 0. The summed E-state index contributed by atoms with van der Waals surface area (Å²) >= 11 is 0. The highest BCUT2D eigenvalue weighted by Gasteiger charge is 2.08. The van der Waals surface area contributed by atoms with E-state index in [-0.39, 0.29) is 13.5 Å². The van der Waals surface area contributed by atoms with Crippen molar-refractivity contribution in [2.45, 2.75) is 19.8 Å². The molecule has 1 aliphatic rings. The molecule has 1 heteroatoms. The van der Waals surface area contributed by atoms with Crippen LogP contribution in [0.5, 0.6) is 0 Å². The summed E-state index contributed by atoms with van der Waals surface area (Å²) < 4.78 is 0. The van der Waals surface area contributed by atoms with E-state index in [1.165, 1.54) is 11.1 Å². The van der Waals surface area contributed by atoms with E-state index in [1.807, 2.05) is 31.2 Å². The molecule has 0 fully saturated rings. The third-order valence-corrected chi connectivity index (χ3v) is 2.98. The standard InChI is InChI=1S/C19H22.H2S/c1-6-7-8-16(4)18-11-13-19(14-12-18)17(5)10-9-15(2)3;/h6-11,13H,1-2,4-5,12,14H2,3H3;1H2/b8-7-,10-9-;. The molecule has 0 unspecified atom stereocenters. The Hall–Kier alpha value is -1.73. The summed E-state index contributed by atoms with van der Waals surface area (Å²) in [6, 6.07) is 0. The Morgan fingerprint density at radius 1 is 0.950 bits per heavy atom. The van der Waals surface area contributed by atoms with Crippen molar-refractivity contribution in [1.29, 1.82) is 0 Å². The van der Waals surface area contributed by atoms with Gasteiger partial charge in [-0.2, -0.15) is 13.5 Å². The molecule has 0 N–H and O–H groups in total. The Labute approximate surface area is 130 Å². The van der Waals surface area contributed by atoms with Gasteiger partial charge in [-0.05, 0) is 42.1 Å². The lowest BCUT2D eigenvalue weighted by atomic mass is 9.90.